The second-order valence-corrected chi connectivity index (χ2v) is 5.61. The summed E-state index contributed by atoms with van der Waals surface area (Å²) in [7, 11) is 1.48. The second kappa shape index (κ2) is 7.55. The molecule has 0 radical (unpaired) electrons. The number of halogens is 3. The summed E-state index contributed by atoms with van der Waals surface area (Å²) in [6.45, 7) is 0. The number of nitrogens with one attached hydrogen (secondary N) is 2. The lowest BCUT2D eigenvalue weighted by atomic mass is 10.3. The molecule has 0 saturated carbocycles. The monoisotopic (exact) mass is 372 g/mol. The summed E-state index contributed by atoms with van der Waals surface area (Å²) in [5.74, 6) is -1.24. The molecule has 0 atom stereocenters. The van der Waals surface area contributed by atoms with E-state index in [1.54, 1.807) is 12.1 Å². The zero-order chi connectivity index (χ0) is 17.0. The molecule has 120 valence electrons. The van der Waals surface area contributed by atoms with Gasteiger partial charge in [0.25, 0.3) is 0 Å². The predicted octanol–water partition coefficient (Wildman–Crippen LogP) is 4.23. The minimum absolute atomic E-state index is 0.270. The topological polar surface area (TPSA) is 67.4 Å². The molecule has 2 aromatic rings. The number of benzene rings is 2. The minimum Gasteiger partial charge on any atom is -0.495 e. The lowest BCUT2D eigenvalue weighted by molar-refractivity contribution is -0.132. The molecular weight excluding hydrogens is 363 g/mol. The number of amides is 2. The molecule has 0 aliphatic heterocycles. The molecule has 0 aliphatic carbocycles. The second-order valence-electron chi connectivity index (χ2n) is 4.39. The van der Waals surface area contributed by atoms with Gasteiger partial charge >= 0.3 is 11.8 Å². The van der Waals surface area contributed by atoms with Crippen molar-refractivity contribution in [3.8, 4) is 5.75 Å². The van der Waals surface area contributed by atoms with E-state index in [2.05, 4.69) is 10.6 Å². The molecule has 2 N–H and O–H groups in total. The van der Waals surface area contributed by atoms with E-state index < -0.39 is 11.8 Å². The van der Waals surface area contributed by atoms with E-state index in [0.717, 1.165) is 0 Å². The zero-order valence-corrected chi connectivity index (χ0v) is 14.1. The summed E-state index contributed by atoms with van der Waals surface area (Å²) in [5.41, 5.74) is 0.720. The number of hydrogen-bond donors (Lipinski definition) is 2. The highest BCUT2D eigenvalue weighted by molar-refractivity contribution is 6.44. The van der Waals surface area contributed by atoms with E-state index in [1.165, 1.54) is 31.4 Å². The van der Waals surface area contributed by atoms with Gasteiger partial charge < -0.3 is 15.4 Å². The van der Waals surface area contributed by atoms with Crippen molar-refractivity contribution in [3.05, 3.63) is 51.5 Å². The maximum atomic E-state index is 11.9. The molecule has 0 aromatic heterocycles. The van der Waals surface area contributed by atoms with Crippen molar-refractivity contribution < 1.29 is 14.3 Å². The van der Waals surface area contributed by atoms with Crippen molar-refractivity contribution in [2.45, 2.75) is 0 Å². The highest BCUT2D eigenvalue weighted by atomic mass is 35.5. The quantitative estimate of drug-likeness (QED) is 0.791. The Bertz CT molecular complexity index is 766. The highest BCUT2D eigenvalue weighted by Crippen LogP contribution is 2.27. The maximum Gasteiger partial charge on any atom is 0.314 e. The smallest absolute Gasteiger partial charge is 0.314 e. The first-order chi connectivity index (χ1) is 10.9. The maximum absolute atomic E-state index is 11.9. The van der Waals surface area contributed by atoms with Crippen LogP contribution in [0.25, 0.3) is 0 Å². The minimum atomic E-state index is -0.852. The largest absolute Gasteiger partial charge is 0.495 e. The zero-order valence-electron chi connectivity index (χ0n) is 11.8. The Labute approximate surface area is 147 Å². The molecule has 0 bridgehead atoms. The van der Waals surface area contributed by atoms with Crippen LogP contribution < -0.4 is 15.4 Å². The molecule has 8 heteroatoms. The van der Waals surface area contributed by atoms with Gasteiger partial charge in [0.2, 0.25) is 0 Å². The summed E-state index contributed by atoms with van der Waals surface area (Å²) >= 11 is 17.6. The summed E-state index contributed by atoms with van der Waals surface area (Å²) < 4.78 is 5.01. The summed E-state index contributed by atoms with van der Waals surface area (Å²) in [6, 6.07) is 9.11. The fourth-order valence-electron chi connectivity index (χ4n) is 1.69. The summed E-state index contributed by atoms with van der Waals surface area (Å²) in [4.78, 5) is 23.7. The van der Waals surface area contributed by atoms with Crippen LogP contribution in [0.15, 0.2) is 36.4 Å². The molecule has 2 aromatic carbocycles. The van der Waals surface area contributed by atoms with Gasteiger partial charge in [0.15, 0.2) is 0 Å². The first-order valence-corrected chi connectivity index (χ1v) is 7.45. The average Bonchev–Trinajstić information content (AvgIpc) is 2.51. The van der Waals surface area contributed by atoms with E-state index in [-0.39, 0.29) is 5.02 Å². The fourth-order valence-corrected chi connectivity index (χ4v) is 2.25. The molecule has 2 rings (SSSR count). The van der Waals surface area contributed by atoms with E-state index >= 15 is 0 Å². The Morgan fingerprint density at radius 3 is 1.83 bits per heavy atom. The van der Waals surface area contributed by atoms with E-state index in [4.69, 9.17) is 39.5 Å². The number of carbonyl (C=O) groups excluding carboxylic acids is 2. The van der Waals surface area contributed by atoms with Crippen LogP contribution in [0.2, 0.25) is 15.1 Å². The molecular formula is C15H11Cl3N2O3. The average molecular weight is 374 g/mol. The normalized spacial score (nSPS) is 10.1. The number of carbonyl (C=O) groups is 2. The Morgan fingerprint density at radius 1 is 0.826 bits per heavy atom. The lowest BCUT2D eigenvalue weighted by Crippen LogP contribution is -2.29. The SMILES string of the molecule is COc1ccc(NC(=O)C(=O)Nc2ccc(Cl)c(Cl)c2)cc1Cl. The van der Waals surface area contributed by atoms with Crippen LogP contribution in [-0.4, -0.2) is 18.9 Å². The Kier molecular flexibility index (Phi) is 5.71. The van der Waals surface area contributed by atoms with Crippen molar-refractivity contribution >= 4 is 58.0 Å². The molecule has 0 saturated heterocycles. The van der Waals surface area contributed by atoms with Gasteiger partial charge in [-0.05, 0) is 36.4 Å². The van der Waals surface area contributed by atoms with E-state index in [0.29, 0.717) is 27.2 Å². The molecule has 0 aliphatic rings. The number of anilines is 2. The molecule has 23 heavy (non-hydrogen) atoms. The molecule has 0 fully saturated rings. The van der Waals surface area contributed by atoms with Gasteiger partial charge in [-0.15, -0.1) is 0 Å². The first-order valence-electron chi connectivity index (χ1n) is 6.31. The molecule has 0 spiro atoms. The lowest BCUT2D eigenvalue weighted by Gasteiger charge is -2.09. The van der Waals surface area contributed by atoms with Crippen LogP contribution in [0.5, 0.6) is 5.75 Å². The highest BCUT2D eigenvalue weighted by Gasteiger charge is 2.15. The predicted molar refractivity (Wildman–Crippen MR) is 91.7 cm³/mol. The Balaban J connectivity index is 2.03. The number of rotatable bonds is 3. The fraction of sp³-hybridized carbons (Fsp3) is 0.0667. The molecule has 0 heterocycles. The van der Waals surface area contributed by atoms with Gasteiger partial charge in [-0.2, -0.15) is 0 Å². The number of methoxy groups -OCH3 is 1. The third-order valence-corrected chi connectivity index (χ3v) is 3.83. The third-order valence-electron chi connectivity index (χ3n) is 2.79. The van der Waals surface area contributed by atoms with E-state index in [1.807, 2.05) is 0 Å². The first kappa shape index (κ1) is 17.4. The number of ether oxygens (including phenoxy) is 1. The van der Waals surface area contributed by atoms with Crippen LogP contribution in [-0.2, 0) is 9.59 Å². The van der Waals surface area contributed by atoms with Crippen molar-refractivity contribution in [1.82, 2.24) is 0 Å². The van der Waals surface area contributed by atoms with Gasteiger partial charge in [-0.25, -0.2) is 0 Å². The third kappa shape index (κ3) is 4.51. The van der Waals surface area contributed by atoms with Crippen LogP contribution in [0.4, 0.5) is 11.4 Å². The van der Waals surface area contributed by atoms with Crippen LogP contribution in [0, 0.1) is 0 Å². The molecule has 5 nitrogen and oxygen atoms in total. The van der Waals surface area contributed by atoms with Gasteiger partial charge in [0.05, 0.1) is 22.2 Å². The van der Waals surface area contributed by atoms with Gasteiger partial charge in [0.1, 0.15) is 5.75 Å². The number of hydrogen-bond acceptors (Lipinski definition) is 3. The van der Waals surface area contributed by atoms with Crippen molar-refractivity contribution in [2.24, 2.45) is 0 Å². The van der Waals surface area contributed by atoms with Crippen LogP contribution in [0.1, 0.15) is 0 Å². The van der Waals surface area contributed by atoms with Crippen LogP contribution in [0.3, 0.4) is 0 Å². The van der Waals surface area contributed by atoms with Gasteiger partial charge in [-0.1, -0.05) is 34.8 Å². The van der Waals surface area contributed by atoms with Crippen molar-refractivity contribution in [3.63, 3.8) is 0 Å². The molecule has 2 amide bonds. The Hall–Kier alpha value is -1.95. The van der Waals surface area contributed by atoms with Crippen molar-refractivity contribution in [2.75, 3.05) is 17.7 Å². The van der Waals surface area contributed by atoms with Crippen LogP contribution >= 0.6 is 34.8 Å². The molecule has 0 unspecified atom stereocenters. The Morgan fingerprint density at radius 2 is 1.35 bits per heavy atom. The van der Waals surface area contributed by atoms with Crippen molar-refractivity contribution in [1.29, 1.82) is 0 Å². The summed E-state index contributed by atoms with van der Waals surface area (Å²) in [5, 5.41) is 5.78. The van der Waals surface area contributed by atoms with Gasteiger partial charge in [-0.3, -0.25) is 9.59 Å². The standard InChI is InChI=1S/C15H11Cl3N2O3/c1-23-13-5-3-9(7-12(13)18)20-15(22)14(21)19-8-2-4-10(16)11(17)6-8/h2-7H,1H3,(H,19,21)(H,20,22). The van der Waals surface area contributed by atoms with Gasteiger partial charge in [0, 0.05) is 11.4 Å². The summed E-state index contributed by atoms with van der Waals surface area (Å²) in [6.07, 6.45) is 0. The van der Waals surface area contributed by atoms with E-state index in [9.17, 15) is 9.59 Å².